The lowest BCUT2D eigenvalue weighted by Crippen LogP contribution is -1.78. The highest BCUT2D eigenvalue weighted by atomic mass is 16.3. The molecule has 0 amide bonds. The number of benzene rings is 1. The van der Waals surface area contributed by atoms with Crippen LogP contribution in [0.1, 0.15) is 0 Å². The molecule has 4 aromatic rings. The van der Waals surface area contributed by atoms with Crippen molar-refractivity contribution in [3.8, 4) is 0 Å². The molecule has 4 nitrogen and oxygen atoms in total. The second-order valence-electron chi connectivity index (χ2n) is 3.88. The van der Waals surface area contributed by atoms with Gasteiger partial charge in [0, 0.05) is 23.0 Å². The zero-order chi connectivity index (χ0) is 11.2. The molecule has 0 N–H and O–H groups in total. The second kappa shape index (κ2) is 3.01. The molecule has 0 fully saturated rings. The van der Waals surface area contributed by atoms with Gasteiger partial charge in [0.2, 0.25) is 0 Å². The molecule has 0 atom stereocenters. The second-order valence-corrected chi connectivity index (χ2v) is 3.88. The SMILES string of the molecule is c1cnc2cc3oc4cncnc4c3cc2c1. The van der Waals surface area contributed by atoms with Gasteiger partial charge >= 0.3 is 0 Å². The molecule has 4 rings (SSSR count). The minimum absolute atomic E-state index is 0.706. The molecule has 4 heteroatoms. The van der Waals surface area contributed by atoms with Crippen LogP contribution in [0.5, 0.6) is 0 Å². The van der Waals surface area contributed by atoms with E-state index in [0.717, 1.165) is 27.4 Å². The van der Waals surface area contributed by atoms with E-state index in [1.54, 1.807) is 12.4 Å². The number of hydrogen-bond acceptors (Lipinski definition) is 4. The molecule has 0 aliphatic heterocycles. The molecule has 3 aromatic heterocycles. The van der Waals surface area contributed by atoms with E-state index in [1.807, 2.05) is 18.2 Å². The molecule has 0 spiro atoms. The average Bonchev–Trinajstić information content (AvgIpc) is 2.73. The fraction of sp³-hybridized carbons (Fsp3) is 0. The van der Waals surface area contributed by atoms with E-state index in [9.17, 15) is 0 Å². The van der Waals surface area contributed by atoms with Gasteiger partial charge < -0.3 is 4.42 Å². The molecule has 0 aliphatic carbocycles. The van der Waals surface area contributed by atoms with Gasteiger partial charge in [0.15, 0.2) is 5.58 Å². The van der Waals surface area contributed by atoms with E-state index >= 15 is 0 Å². The Labute approximate surface area is 95.9 Å². The summed E-state index contributed by atoms with van der Waals surface area (Å²) in [4.78, 5) is 12.5. The van der Waals surface area contributed by atoms with Gasteiger partial charge in [-0.2, -0.15) is 0 Å². The van der Waals surface area contributed by atoms with E-state index in [2.05, 4.69) is 21.0 Å². The van der Waals surface area contributed by atoms with Gasteiger partial charge in [0.05, 0.1) is 11.7 Å². The number of furan rings is 1. The van der Waals surface area contributed by atoms with Crippen molar-refractivity contribution < 1.29 is 4.42 Å². The van der Waals surface area contributed by atoms with Gasteiger partial charge in [-0.25, -0.2) is 9.97 Å². The molecule has 80 valence electrons. The van der Waals surface area contributed by atoms with Crippen molar-refractivity contribution >= 4 is 33.0 Å². The first-order valence-electron chi connectivity index (χ1n) is 5.29. The lowest BCUT2D eigenvalue weighted by Gasteiger charge is -1.95. The van der Waals surface area contributed by atoms with Crippen LogP contribution in [0.25, 0.3) is 33.0 Å². The predicted molar refractivity (Wildman–Crippen MR) is 64.6 cm³/mol. The molecular weight excluding hydrogens is 214 g/mol. The van der Waals surface area contributed by atoms with Crippen LogP contribution in [0, 0.1) is 0 Å². The quantitative estimate of drug-likeness (QED) is 0.458. The lowest BCUT2D eigenvalue weighted by molar-refractivity contribution is 0.666. The highest BCUT2D eigenvalue weighted by molar-refractivity contribution is 6.07. The van der Waals surface area contributed by atoms with E-state index in [-0.39, 0.29) is 0 Å². The summed E-state index contributed by atoms with van der Waals surface area (Å²) in [6, 6.07) is 7.94. The standard InChI is InChI=1S/C13H7N3O/c1-2-8-4-9-11(5-10(8)15-3-1)17-12-6-14-7-16-13(9)12/h1-7H. The summed E-state index contributed by atoms with van der Waals surface area (Å²) < 4.78 is 5.70. The fourth-order valence-corrected chi connectivity index (χ4v) is 2.08. The Balaban J connectivity index is 2.28. The van der Waals surface area contributed by atoms with Crippen molar-refractivity contribution in [2.75, 3.05) is 0 Å². The van der Waals surface area contributed by atoms with Crippen LogP contribution in [0.15, 0.2) is 47.4 Å². The fourth-order valence-electron chi connectivity index (χ4n) is 2.08. The van der Waals surface area contributed by atoms with E-state index in [0.29, 0.717) is 5.58 Å². The molecule has 17 heavy (non-hydrogen) atoms. The maximum atomic E-state index is 5.70. The normalized spacial score (nSPS) is 11.5. The Morgan fingerprint density at radius 2 is 2.06 bits per heavy atom. The number of hydrogen-bond donors (Lipinski definition) is 0. The van der Waals surface area contributed by atoms with E-state index in [4.69, 9.17) is 4.42 Å². The smallest absolute Gasteiger partial charge is 0.172 e. The van der Waals surface area contributed by atoms with Crippen LogP contribution in [0.3, 0.4) is 0 Å². The van der Waals surface area contributed by atoms with Crippen LogP contribution in [-0.2, 0) is 0 Å². The summed E-state index contributed by atoms with van der Waals surface area (Å²) >= 11 is 0. The van der Waals surface area contributed by atoms with E-state index < -0.39 is 0 Å². The van der Waals surface area contributed by atoms with Crippen molar-refractivity contribution in [2.24, 2.45) is 0 Å². The third-order valence-electron chi connectivity index (χ3n) is 2.86. The molecular formula is C13H7N3O. The van der Waals surface area contributed by atoms with Gasteiger partial charge in [0.1, 0.15) is 17.4 Å². The maximum absolute atomic E-state index is 5.70. The van der Waals surface area contributed by atoms with Gasteiger partial charge in [-0.15, -0.1) is 0 Å². The molecule has 0 bridgehead atoms. The minimum atomic E-state index is 0.706. The monoisotopic (exact) mass is 221 g/mol. The Hall–Kier alpha value is -2.49. The molecule has 0 radical (unpaired) electrons. The van der Waals surface area contributed by atoms with Crippen molar-refractivity contribution in [3.05, 3.63) is 43.0 Å². The maximum Gasteiger partial charge on any atom is 0.172 e. The average molecular weight is 221 g/mol. The summed E-state index contributed by atoms with van der Waals surface area (Å²) in [7, 11) is 0. The third-order valence-corrected chi connectivity index (χ3v) is 2.86. The third kappa shape index (κ3) is 1.15. The number of rotatable bonds is 0. The number of nitrogens with zero attached hydrogens (tertiary/aromatic N) is 3. The van der Waals surface area contributed by atoms with Crippen molar-refractivity contribution in [1.29, 1.82) is 0 Å². The zero-order valence-corrected chi connectivity index (χ0v) is 8.79. The summed E-state index contributed by atoms with van der Waals surface area (Å²) in [5.74, 6) is 0. The first kappa shape index (κ1) is 8.64. The molecule has 0 aliphatic rings. The van der Waals surface area contributed by atoms with Crippen LogP contribution in [0.2, 0.25) is 0 Å². The Kier molecular flexibility index (Phi) is 1.53. The van der Waals surface area contributed by atoms with Gasteiger partial charge in [0.25, 0.3) is 0 Å². The Morgan fingerprint density at radius 1 is 1.06 bits per heavy atom. The van der Waals surface area contributed by atoms with Crippen molar-refractivity contribution in [1.82, 2.24) is 15.0 Å². The van der Waals surface area contributed by atoms with Crippen LogP contribution >= 0.6 is 0 Å². The molecule has 0 saturated carbocycles. The van der Waals surface area contributed by atoms with Crippen LogP contribution in [0.4, 0.5) is 0 Å². The van der Waals surface area contributed by atoms with Gasteiger partial charge in [-0.05, 0) is 12.1 Å². The van der Waals surface area contributed by atoms with Gasteiger partial charge in [-0.1, -0.05) is 6.07 Å². The highest BCUT2D eigenvalue weighted by Crippen LogP contribution is 2.29. The minimum Gasteiger partial charge on any atom is -0.453 e. The Morgan fingerprint density at radius 3 is 3.06 bits per heavy atom. The lowest BCUT2D eigenvalue weighted by atomic mass is 10.1. The van der Waals surface area contributed by atoms with Crippen LogP contribution in [-0.4, -0.2) is 15.0 Å². The molecule has 0 unspecified atom stereocenters. The summed E-state index contributed by atoms with van der Waals surface area (Å²) in [6.45, 7) is 0. The first-order chi connectivity index (χ1) is 8.42. The predicted octanol–water partition coefficient (Wildman–Crippen LogP) is 2.92. The summed E-state index contributed by atoms with van der Waals surface area (Å²) in [5, 5.41) is 2.09. The zero-order valence-electron chi connectivity index (χ0n) is 8.79. The first-order valence-corrected chi connectivity index (χ1v) is 5.29. The molecule has 1 aromatic carbocycles. The molecule has 3 heterocycles. The summed E-state index contributed by atoms with van der Waals surface area (Å²) in [6.07, 6.45) is 4.99. The highest BCUT2D eigenvalue weighted by Gasteiger charge is 2.09. The number of aromatic nitrogens is 3. The van der Waals surface area contributed by atoms with Crippen molar-refractivity contribution in [2.45, 2.75) is 0 Å². The van der Waals surface area contributed by atoms with Gasteiger partial charge in [-0.3, -0.25) is 4.98 Å². The number of fused-ring (bicyclic) bond motifs is 4. The molecule has 0 saturated heterocycles. The van der Waals surface area contributed by atoms with Crippen molar-refractivity contribution in [3.63, 3.8) is 0 Å². The Bertz CT molecular complexity index is 845. The number of pyridine rings is 1. The summed E-state index contributed by atoms with van der Waals surface area (Å²) in [5.41, 5.74) is 3.28. The topological polar surface area (TPSA) is 51.8 Å². The largest absolute Gasteiger partial charge is 0.453 e. The van der Waals surface area contributed by atoms with Crippen LogP contribution < -0.4 is 0 Å². The van der Waals surface area contributed by atoms with E-state index in [1.165, 1.54) is 6.33 Å².